The van der Waals surface area contributed by atoms with Crippen molar-refractivity contribution in [2.75, 3.05) is 7.11 Å². The summed E-state index contributed by atoms with van der Waals surface area (Å²) in [7, 11) is 1.66. The van der Waals surface area contributed by atoms with Crippen LogP contribution in [0.5, 0.6) is 5.75 Å². The van der Waals surface area contributed by atoms with E-state index in [1.165, 1.54) is 5.56 Å². The van der Waals surface area contributed by atoms with Gasteiger partial charge in [-0.15, -0.1) is 0 Å². The Morgan fingerprint density at radius 1 is 0.828 bits per heavy atom. The summed E-state index contributed by atoms with van der Waals surface area (Å²) in [4.78, 5) is 13.0. The number of pyridine rings is 1. The fourth-order valence-electron chi connectivity index (χ4n) is 3.89. The van der Waals surface area contributed by atoms with Crippen LogP contribution in [-0.2, 0) is 5.41 Å². The number of hydrogen-bond donors (Lipinski definition) is 0. The van der Waals surface area contributed by atoms with Crippen LogP contribution < -0.4 is 10.2 Å². The van der Waals surface area contributed by atoms with Gasteiger partial charge in [-0.1, -0.05) is 63.2 Å². The number of para-hydroxylation sites is 3. The largest absolute Gasteiger partial charge is 0.496 e. The Bertz CT molecular complexity index is 1250. The summed E-state index contributed by atoms with van der Waals surface area (Å²) < 4.78 is 7.81. The average molecular weight is 383 g/mol. The molecule has 0 N–H and O–H groups in total. The van der Waals surface area contributed by atoms with Crippen molar-refractivity contribution < 1.29 is 4.74 Å². The summed E-state index contributed by atoms with van der Waals surface area (Å²) in [5, 5.41) is 0.704. The second kappa shape index (κ2) is 7.25. The van der Waals surface area contributed by atoms with E-state index in [4.69, 9.17) is 4.74 Å². The molecular weight excluding hydrogens is 358 g/mol. The first kappa shape index (κ1) is 19.0. The maximum atomic E-state index is 13.0. The number of fused-ring (bicyclic) bond motifs is 1. The van der Waals surface area contributed by atoms with Crippen molar-refractivity contribution in [3.05, 3.63) is 94.6 Å². The molecule has 0 saturated heterocycles. The number of aromatic nitrogens is 1. The first-order chi connectivity index (χ1) is 13.9. The van der Waals surface area contributed by atoms with E-state index in [9.17, 15) is 4.79 Å². The van der Waals surface area contributed by atoms with Crippen molar-refractivity contribution in [3.8, 4) is 22.7 Å². The molecule has 4 rings (SSSR count). The molecule has 29 heavy (non-hydrogen) atoms. The molecule has 3 heteroatoms. The summed E-state index contributed by atoms with van der Waals surface area (Å²) >= 11 is 0. The fraction of sp³-hybridized carbons (Fsp3) is 0.192. The van der Waals surface area contributed by atoms with Gasteiger partial charge < -0.3 is 9.30 Å². The Balaban J connectivity index is 2.20. The molecule has 0 aliphatic rings. The zero-order valence-electron chi connectivity index (χ0n) is 17.3. The second-order valence-electron chi connectivity index (χ2n) is 8.21. The monoisotopic (exact) mass is 383 g/mol. The normalized spacial score (nSPS) is 11.6. The average Bonchev–Trinajstić information content (AvgIpc) is 2.73. The van der Waals surface area contributed by atoms with E-state index in [0.717, 1.165) is 28.2 Å². The maximum absolute atomic E-state index is 13.0. The highest BCUT2D eigenvalue weighted by Gasteiger charge is 2.22. The predicted octanol–water partition coefficient (Wildman–Crippen LogP) is 5.96. The van der Waals surface area contributed by atoms with Crippen LogP contribution >= 0.6 is 0 Å². The van der Waals surface area contributed by atoms with Crippen molar-refractivity contribution in [2.24, 2.45) is 0 Å². The summed E-state index contributed by atoms with van der Waals surface area (Å²) in [6.07, 6.45) is 0. The molecule has 0 amide bonds. The number of nitrogens with zero attached hydrogens (tertiary/aromatic N) is 1. The van der Waals surface area contributed by atoms with E-state index in [2.05, 4.69) is 43.5 Å². The molecule has 3 aromatic carbocycles. The first-order valence-corrected chi connectivity index (χ1v) is 9.80. The maximum Gasteiger partial charge on any atom is 0.190 e. The molecule has 146 valence electrons. The molecular formula is C26H25NO2. The standard InChI is InChI=1S/C26H25NO2/c1-26(2,3)20-13-7-9-15-22(20)27-21-14-8-5-11-18(21)24(28)17-23(27)19-12-6-10-16-25(19)29-4/h5-17H,1-4H3. The SMILES string of the molecule is COc1ccccc1-c1cc(=O)c2ccccc2n1-c1ccccc1C(C)(C)C. The Hall–Kier alpha value is -3.33. The van der Waals surface area contributed by atoms with Crippen LogP contribution in [0, 0.1) is 0 Å². The molecule has 0 spiro atoms. The number of rotatable bonds is 3. The van der Waals surface area contributed by atoms with E-state index in [1.54, 1.807) is 13.2 Å². The smallest absolute Gasteiger partial charge is 0.190 e. The van der Waals surface area contributed by atoms with Crippen LogP contribution in [0.1, 0.15) is 26.3 Å². The molecule has 0 aliphatic carbocycles. The van der Waals surface area contributed by atoms with Crippen molar-refractivity contribution in [1.82, 2.24) is 4.57 Å². The summed E-state index contributed by atoms with van der Waals surface area (Å²) in [6.45, 7) is 6.62. The zero-order chi connectivity index (χ0) is 20.6. The van der Waals surface area contributed by atoms with Gasteiger partial charge in [0.1, 0.15) is 5.75 Å². The fourth-order valence-corrected chi connectivity index (χ4v) is 3.89. The van der Waals surface area contributed by atoms with Crippen molar-refractivity contribution >= 4 is 10.9 Å². The van der Waals surface area contributed by atoms with Gasteiger partial charge in [0, 0.05) is 22.7 Å². The summed E-state index contributed by atoms with van der Waals surface area (Å²) in [6, 6.07) is 25.7. The Morgan fingerprint density at radius 2 is 1.48 bits per heavy atom. The van der Waals surface area contributed by atoms with E-state index in [-0.39, 0.29) is 10.8 Å². The third-order valence-corrected chi connectivity index (χ3v) is 5.26. The quantitative estimate of drug-likeness (QED) is 0.437. The van der Waals surface area contributed by atoms with Crippen molar-refractivity contribution in [2.45, 2.75) is 26.2 Å². The van der Waals surface area contributed by atoms with Crippen LogP contribution in [0.4, 0.5) is 0 Å². The molecule has 1 heterocycles. The van der Waals surface area contributed by atoms with Crippen LogP contribution in [0.15, 0.2) is 83.7 Å². The van der Waals surface area contributed by atoms with Crippen LogP contribution in [0.25, 0.3) is 27.8 Å². The molecule has 0 fully saturated rings. The van der Waals surface area contributed by atoms with E-state index >= 15 is 0 Å². The number of hydrogen-bond acceptors (Lipinski definition) is 2. The Kier molecular flexibility index (Phi) is 4.75. The molecule has 4 aromatic rings. The van der Waals surface area contributed by atoms with Gasteiger partial charge in [-0.25, -0.2) is 0 Å². The third-order valence-electron chi connectivity index (χ3n) is 5.26. The van der Waals surface area contributed by atoms with E-state index in [0.29, 0.717) is 5.39 Å². The highest BCUT2D eigenvalue weighted by atomic mass is 16.5. The zero-order valence-corrected chi connectivity index (χ0v) is 17.3. The van der Waals surface area contributed by atoms with Gasteiger partial charge in [0.15, 0.2) is 5.43 Å². The Labute approximate surface area is 171 Å². The van der Waals surface area contributed by atoms with Gasteiger partial charge in [-0.05, 0) is 41.3 Å². The van der Waals surface area contributed by atoms with Crippen LogP contribution in [0.2, 0.25) is 0 Å². The molecule has 0 atom stereocenters. The van der Waals surface area contributed by atoms with Gasteiger partial charge >= 0.3 is 0 Å². The minimum atomic E-state index is -0.0567. The molecule has 0 unspecified atom stereocenters. The number of methoxy groups -OCH3 is 1. The lowest BCUT2D eigenvalue weighted by atomic mass is 9.85. The van der Waals surface area contributed by atoms with Gasteiger partial charge in [0.2, 0.25) is 0 Å². The van der Waals surface area contributed by atoms with E-state index in [1.807, 2.05) is 54.6 Å². The summed E-state index contributed by atoms with van der Waals surface area (Å²) in [5.74, 6) is 0.740. The third kappa shape index (κ3) is 3.33. The molecule has 3 nitrogen and oxygen atoms in total. The van der Waals surface area contributed by atoms with Gasteiger partial charge in [0.05, 0.1) is 18.3 Å². The lowest BCUT2D eigenvalue weighted by Crippen LogP contribution is -2.18. The van der Waals surface area contributed by atoms with Crippen molar-refractivity contribution in [3.63, 3.8) is 0 Å². The number of ether oxygens (including phenoxy) is 1. The minimum Gasteiger partial charge on any atom is -0.496 e. The second-order valence-corrected chi connectivity index (χ2v) is 8.21. The number of benzene rings is 3. The van der Waals surface area contributed by atoms with Gasteiger partial charge in [-0.2, -0.15) is 0 Å². The highest BCUT2D eigenvalue weighted by Crippen LogP contribution is 2.36. The topological polar surface area (TPSA) is 31.2 Å². The molecule has 0 bridgehead atoms. The van der Waals surface area contributed by atoms with Crippen LogP contribution in [0.3, 0.4) is 0 Å². The first-order valence-electron chi connectivity index (χ1n) is 9.80. The molecule has 0 aliphatic heterocycles. The molecule has 0 saturated carbocycles. The van der Waals surface area contributed by atoms with E-state index < -0.39 is 0 Å². The Morgan fingerprint density at radius 3 is 2.24 bits per heavy atom. The van der Waals surface area contributed by atoms with Crippen molar-refractivity contribution in [1.29, 1.82) is 0 Å². The molecule has 0 radical (unpaired) electrons. The molecule has 1 aromatic heterocycles. The lowest BCUT2D eigenvalue weighted by molar-refractivity contribution is 0.416. The lowest BCUT2D eigenvalue weighted by Gasteiger charge is -2.27. The highest BCUT2D eigenvalue weighted by molar-refractivity contribution is 5.86. The van der Waals surface area contributed by atoms with Gasteiger partial charge in [0.25, 0.3) is 0 Å². The van der Waals surface area contributed by atoms with Gasteiger partial charge in [-0.3, -0.25) is 4.79 Å². The predicted molar refractivity (Wildman–Crippen MR) is 120 cm³/mol. The minimum absolute atomic E-state index is 0.00555. The van der Waals surface area contributed by atoms with Crippen LogP contribution in [-0.4, -0.2) is 11.7 Å². The summed E-state index contributed by atoms with van der Waals surface area (Å²) in [5.41, 5.74) is 4.83.